The molecule has 0 aliphatic rings. The first-order valence-corrected chi connectivity index (χ1v) is 18.0. The van der Waals surface area contributed by atoms with Gasteiger partial charge in [0.15, 0.2) is 0 Å². The van der Waals surface area contributed by atoms with Crippen molar-refractivity contribution in [1.82, 2.24) is 0 Å². The van der Waals surface area contributed by atoms with E-state index in [1.807, 2.05) is 45.0 Å². The van der Waals surface area contributed by atoms with Crippen LogP contribution in [0, 0.1) is 6.92 Å². The quantitative estimate of drug-likeness (QED) is 0.0663. The summed E-state index contributed by atoms with van der Waals surface area (Å²) < 4.78 is 28.1. The molecule has 0 radical (unpaired) electrons. The number of benzene rings is 2. The maximum Gasteiger partial charge on any atom is 0.338 e. The minimum Gasteiger partial charge on any atom is -0.494 e. The molecule has 2 aromatic carbocycles. The zero-order valence-corrected chi connectivity index (χ0v) is 30.3. The highest BCUT2D eigenvalue weighted by molar-refractivity contribution is 7.08. The van der Waals surface area contributed by atoms with Crippen molar-refractivity contribution in [1.29, 1.82) is 0 Å². The molecule has 9 heteroatoms. The molecule has 1 aromatic heterocycles. The SMILES string of the molecule is CCOC(=O)CCCOc1cccc(CCCCCCOc2cc(C(=O)OC(C)(C)C)cc(-c3cscc3C)c2)c1CCC(=O)OCC. The molecule has 0 N–H and O–H groups in total. The number of esters is 3. The van der Waals surface area contributed by atoms with E-state index >= 15 is 0 Å². The Morgan fingerprint density at radius 2 is 1.48 bits per heavy atom. The molecule has 262 valence electrons. The van der Waals surface area contributed by atoms with Crippen molar-refractivity contribution in [3.05, 3.63) is 69.4 Å². The summed E-state index contributed by atoms with van der Waals surface area (Å²) in [6, 6.07) is 11.6. The Kier molecular flexibility index (Phi) is 16.0. The normalized spacial score (nSPS) is 11.2. The predicted octanol–water partition coefficient (Wildman–Crippen LogP) is 9.08. The fraction of sp³-hybridized carbons (Fsp3) is 0.513. The van der Waals surface area contributed by atoms with Gasteiger partial charge >= 0.3 is 17.9 Å². The number of rotatable bonds is 20. The second kappa shape index (κ2) is 19.8. The van der Waals surface area contributed by atoms with E-state index in [9.17, 15) is 14.4 Å². The lowest BCUT2D eigenvalue weighted by atomic mass is 9.96. The first-order valence-electron chi connectivity index (χ1n) is 17.1. The lowest BCUT2D eigenvalue weighted by molar-refractivity contribution is -0.144. The number of carbonyl (C=O) groups excluding carboxylic acids is 3. The molecule has 0 atom stereocenters. The average molecular weight is 681 g/mol. The Hall–Kier alpha value is -3.85. The van der Waals surface area contributed by atoms with Crippen LogP contribution < -0.4 is 9.47 Å². The molecule has 0 saturated carbocycles. The molecule has 8 nitrogen and oxygen atoms in total. The Labute approximate surface area is 290 Å². The minimum atomic E-state index is -0.590. The van der Waals surface area contributed by atoms with Crippen LogP contribution in [0.15, 0.2) is 47.2 Å². The van der Waals surface area contributed by atoms with Crippen molar-refractivity contribution in [2.45, 2.75) is 105 Å². The third kappa shape index (κ3) is 13.3. The van der Waals surface area contributed by atoms with Crippen LogP contribution in [-0.4, -0.2) is 49.9 Å². The minimum absolute atomic E-state index is 0.227. The van der Waals surface area contributed by atoms with Crippen LogP contribution in [0.5, 0.6) is 11.5 Å². The van der Waals surface area contributed by atoms with Gasteiger partial charge in [-0.05, 0) is 136 Å². The topological polar surface area (TPSA) is 97.4 Å². The first kappa shape index (κ1) is 38.6. The highest BCUT2D eigenvalue weighted by Crippen LogP contribution is 2.32. The third-order valence-corrected chi connectivity index (χ3v) is 8.38. The van der Waals surface area contributed by atoms with Crippen LogP contribution in [0.25, 0.3) is 11.1 Å². The molecule has 0 aliphatic heterocycles. The molecule has 3 rings (SSSR count). The molecule has 0 aliphatic carbocycles. The van der Waals surface area contributed by atoms with Gasteiger partial charge in [0.1, 0.15) is 17.1 Å². The average Bonchev–Trinajstić information content (AvgIpc) is 3.47. The maximum atomic E-state index is 12.9. The van der Waals surface area contributed by atoms with E-state index < -0.39 is 5.60 Å². The van der Waals surface area contributed by atoms with Crippen LogP contribution in [0.2, 0.25) is 0 Å². The summed E-state index contributed by atoms with van der Waals surface area (Å²) in [5, 5.41) is 4.18. The molecule has 0 amide bonds. The molecule has 0 saturated heterocycles. The lowest BCUT2D eigenvalue weighted by Crippen LogP contribution is -2.24. The van der Waals surface area contributed by atoms with Crippen molar-refractivity contribution in [3.63, 3.8) is 0 Å². The van der Waals surface area contributed by atoms with E-state index in [1.54, 1.807) is 31.3 Å². The monoisotopic (exact) mass is 680 g/mol. The summed E-state index contributed by atoms with van der Waals surface area (Å²) in [5.74, 6) is 0.587. The molecule has 1 heterocycles. The first-order chi connectivity index (χ1) is 23.0. The Bertz CT molecular complexity index is 1470. The second-order valence-corrected chi connectivity index (χ2v) is 13.4. The van der Waals surface area contributed by atoms with Gasteiger partial charge < -0.3 is 23.7 Å². The molecular formula is C39H52O8S. The van der Waals surface area contributed by atoms with E-state index in [0.29, 0.717) is 57.0 Å². The van der Waals surface area contributed by atoms with E-state index in [1.165, 1.54) is 0 Å². The van der Waals surface area contributed by atoms with Crippen molar-refractivity contribution in [2.24, 2.45) is 0 Å². The van der Waals surface area contributed by atoms with Gasteiger partial charge in [0.25, 0.3) is 0 Å². The van der Waals surface area contributed by atoms with Crippen LogP contribution in [0.1, 0.15) is 107 Å². The standard InChI is InChI=1S/C39H52O8S/c1-7-43-36(40)18-14-22-46-35-17-13-16-29(33(35)19-20-37(41)44-8-2)15-11-9-10-12-21-45-32-24-30(34-27-48-26-28(34)3)23-31(25-32)38(42)47-39(4,5)6/h13,16-17,23-27H,7-12,14-15,18-22H2,1-6H3. The smallest absolute Gasteiger partial charge is 0.338 e. The summed E-state index contributed by atoms with van der Waals surface area (Å²) in [4.78, 5) is 36.8. The van der Waals surface area contributed by atoms with E-state index in [0.717, 1.165) is 65.7 Å². The lowest BCUT2D eigenvalue weighted by Gasteiger charge is -2.20. The zero-order chi connectivity index (χ0) is 34.9. The number of aryl methyl sites for hydroxylation is 2. The van der Waals surface area contributed by atoms with Gasteiger partial charge in [-0.1, -0.05) is 25.0 Å². The fourth-order valence-corrected chi connectivity index (χ4v) is 6.12. The zero-order valence-electron chi connectivity index (χ0n) is 29.5. The predicted molar refractivity (Wildman–Crippen MR) is 190 cm³/mol. The molecule has 48 heavy (non-hydrogen) atoms. The summed E-state index contributed by atoms with van der Waals surface area (Å²) >= 11 is 1.63. The van der Waals surface area contributed by atoms with Gasteiger partial charge in [-0.25, -0.2) is 4.79 Å². The number of hydrogen-bond acceptors (Lipinski definition) is 9. The summed E-state index contributed by atoms with van der Waals surface area (Å²) in [7, 11) is 0. The molecule has 0 fully saturated rings. The number of hydrogen-bond donors (Lipinski definition) is 0. The van der Waals surface area contributed by atoms with Crippen LogP contribution >= 0.6 is 11.3 Å². The van der Waals surface area contributed by atoms with Crippen LogP contribution in [0.3, 0.4) is 0 Å². The van der Waals surface area contributed by atoms with Crippen LogP contribution in [0.4, 0.5) is 0 Å². The Balaban J connectivity index is 1.55. The molecule has 0 spiro atoms. The van der Waals surface area contributed by atoms with Gasteiger partial charge in [-0.15, -0.1) is 0 Å². The highest BCUT2D eigenvalue weighted by atomic mass is 32.1. The van der Waals surface area contributed by atoms with Gasteiger partial charge in [-0.3, -0.25) is 9.59 Å². The number of ether oxygens (including phenoxy) is 5. The number of carbonyl (C=O) groups is 3. The van der Waals surface area contributed by atoms with Gasteiger partial charge in [0.05, 0.1) is 32.0 Å². The van der Waals surface area contributed by atoms with Gasteiger partial charge in [0.2, 0.25) is 0 Å². The molecule has 3 aromatic rings. The highest BCUT2D eigenvalue weighted by Gasteiger charge is 2.20. The summed E-state index contributed by atoms with van der Waals surface area (Å²) in [6.45, 7) is 12.9. The van der Waals surface area contributed by atoms with Crippen molar-refractivity contribution in [2.75, 3.05) is 26.4 Å². The summed E-state index contributed by atoms with van der Waals surface area (Å²) in [5.41, 5.74) is 5.25. The number of unbranched alkanes of at least 4 members (excludes halogenated alkanes) is 3. The molecule has 0 bridgehead atoms. The number of thiophene rings is 1. The third-order valence-electron chi connectivity index (χ3n) is 7.52. The maximum absolute atomic E-state index is 12.9. The summed E-state index contributed by atoms with van der Waals surface area (Å²) in [6.07, 6.45) is 6.41. The van der Waals surface area contributed by atoms with E-state index in [-0.39, 0.29) is 24.3 Å². The van der Waals surface area contributed by atoms with Crippen molar-refractivity contribution in [3.8, 4) is 22.6 Å². The van der Waals surface area contributed by atoms with Gasteiger partial charge in [-0.2, -0.15) is 11.3 Å². The van der Waals surface area contributed by atoms with Crippen LogP contribution in [-0.2, 0) is 36.6 Å². The fourth-order valence-electron chi connectivity index (χ4n) is 5.27. The Morgan fingerprint density at radius 1 is 0.771 bits per heavy atom. The Morgan fingerprint density at radius 3 is 2.17 bits per heavy atom. The van der Waals surface area contributed by atoms with E-state index in [4.69, 9.17) is 23.7 Å². The van der Waals surface area contributed by atoms with Crippen molar-refractivity contribution < 1.29 is 38.1 Å². The van der Waals surface area contributed by atoms with Crippen molar-refractivity contribution >= 4 is 29.2 Å². The largest absolute Gasteiger partial charge is 0.494 e. The van der Waals surface area contributed by atoms with Gasteiger partial charge in [0, 0.05) is 12.8 Å². The van der Waals surface area contributed by atoms with E-state index in [2.05, 4.69) is 23.8 Å². The molecule has 0 unspecified atom stereocenters. The molecular weight excluding hydrogens is 628 g/mol. The second-order valence-electron chi connectivity index (χ2n) is 12.7.